The first kappa shape index (κ1) is 11.9. The largest absolute Gasteiger partial charge is 0.481 e. The first-order valence-electron chi connectivity index (χ1n) is 5.87. The van der Waals surface area contributed by atoms with Gasteiger partial charge < -0.3 is 10.2 Å². The molecule has 0 aliphatic heterocycles. The highest BCUT2D eigenvalue weighted by molar-refractivity contribution is 5.94. The zero-order valence-electron chi connectivity index (χ0n) is 9.72. The Hall–Kier alpha value is -1.58. The van der Waals surface area contributed by atoms with E-state index in [1.54, 1.807) is 0 Å². The minimum absolute atomic E-state index is 0.362. The maximum atomic E-state index is 11.1. The molecule has 4 nitrogen and oxygen atoms in total. The van der Waals surface area contributed by atoms with Crippen LogP contribution < -0.4 is 0 Å². The molecule has 0 aromatic rings. The van der Waals surface area contributed by atoms with Crippen molar-refractivity contribution in [3.63, 3.8) is 0 Å². The van der Waals surface area contributed by atoms with E-state index in [1.807, 2.05) is 12.2 Å². The summed E-state index contributed by atoms with van der Waals surface area (Å²) in [6.45, 7) is 2.11. The standard InChI is InChI=1S/C13H16O4/c1-7-3-2-4-9-8(7)5-6-10(9)11(12(14)15)13(16)17/h2,4,7,10-11H,3,5-6H2,1H3,(H,14,15)(H,16,17). The molecule has 4 heteroatoms. The summed E-state index contributed by atoms with van der Waals surface area (Å²) in [6.07, 6.45) is 6.38. The van der Waals surface area contributed by atoms with Gasteiger partial charge in [-0.25, -0.2) is 0 Å². The molecule has 0 spiro atoms. The van der Waals surface area contributed by atoms with Crippen LogP contribution in [0.1, 0.15) is 26.2 Å². The van der Waals surface area contributed by atoms with E-state index in [9.17, 15) is 9.59 Å². The van der Waals surface area contributed by atoms with Gasteiger partial charge in [-0.1, -0.05) is 24.6 Å². The molecule has 2 N–H and O–H groups in total. The van der Waals surface area contributed by atoms with Gasteiger partial charge in [0.2, 0.25) is 0 Å². The topological polar surface area (TPSA) is 74.6 Å². The Morgan fingerprint density at radius 2 is 2.00 bits per heavy atom. The minimum Gasteiger partial charge on any atom is -0.481 e. The predicted octanol–water partition coefficient (Wildman–Crippen LogP) is 2.07. The average Bonchev–Trinajstić information content (AvgIpc) is 2.63. The molecule has 92 valence electrons. The average molecular weight is 236 g/mol. The minimum atomic E-state index is -1.31. The number of carboxylic acids is 2. The van der Waals surface area contributed by atoms with Gasteiger partial charge >= 0.3 is 11.9 Å². The Morgan fingerprint density at radius 1 is 1.35 bits per heavy atom. The molecule has 0 heterocycles. The van der Waals surface area contributed by atoms with E-state index in [1.165, 1.54) is 5.57 Å². The van der Waals surface area contributed by atoms with Crippen LogP contribution in [-0.2, 0) is 9.59 Å². The summed E-state index contributed by atoms with van der Waals surface area (Å²) in [5.41, 5.74) is 2.21. The molecular formula is C13H16O4. The van der Waals surface area contributed by atoms with Crippen molar-refractivity contribution in [1.82, 2.24) is 0 Å². The lowest BCUT2D eigenvalue weighted by molar-refractivity contribution is -0.156. The molecule has 2 atom stereocenters. The molecule has 0 aromatic carbocycles. The summed E-state index contributed by atoms with van der Waals surface area (Å²) in [4.78, 5) is 22.1. The van der Waals surface area contributed by atoms with E-state index < -0.39 is 17.9 Å². The molecule has 2 aliphatic rings. The fourth-order valence-corrected chi connectivity index (χ4v) is 2.95. The van der Waals surface area contributed by atoms with Crippen LogP contribution in [0.3, 0.4) is 0 Å². The van der Waals surface area contributed by atoms with E-state index in [2.05, 4.69) is 6.92 Å². The van der Waals surface area contributed by atoms with Gasteiger partial charge in [-0.05, 0) is 30.8 Å². The van der Waals surface area contributed by atoms with Crippen LogP contribution in [0, 0.1) is 17.8 Å². The second kappa shape index (κ2) is 4.35. The maximum Gasteiger partial charge on any atom is 0.318 e. The van der Waals surface area contributed by atoms with E-state index >= 15 is 0 Å². The van der Waals surface area contributed by atoms with Crippen molar-refractivity contribution in [3.8, 4) is 0 Å². The summed E-state index contributed by atoms with van der Waals surface area (Å²) >= 11 is 0. The number of allylic oxidation sites excluding steroid dienone is 4. The van der Waals surface area contributed by atoms with E-state index in [-0.39, 0.29) is 5.92 Å². The van der Waals surface area contributed by atoms with Gasteiger partial charge in [0, 0.05) is 5.92 Å². The van der Waals surface area contributed by atoms with Crippen LogP contribution in [0.4, 0.5) is 0 Å². The molecule has 0 bridgehead atoms. The molecule has 0 saturated carbocycles. The van der Waals surface area contributed by atoms with Gasteiger partial charge in [0.15, 0.2) is 5.92 Å². The van der Waals surface area contributed by atoms with Crippen molar-refractivity contribution in [2.75, 3.05) is 0 Å². The van der Waals surface area contributed by atoms with Crippen LogP contribution >= 0.6 is 0 Å². The molecule has 2 unspecified atom stereocenters. The Labute approximate surface area is 99.6 Å². The quantitative estimate of drug-likeness (QED) is 0.735. The Kier molecular flexibility index (Phi) is 3.05. The van der Waals surface area contributed by atoms with Gasteiger partial charge in [0.25, 0.3) is 0 Å². The van der Waals surface area contributed by atoms with Crippen molar-refractivity contribution >= 4 is 11.9 Å². The molecular weight excluding hydrogens is 220 g/mol. The fraction of sp³-hybridized carbons (Fsp3) is 0.538. The highest BCUT2D eigenvalue weighted by Crippen LogP contribution is 2.43. The van der Waals surface area contributed by atoms with Crippen molar-refractivity contribution < 1.29 is 19.8 Å². The second-order valence-corrected chi connectivity index (χ2v) is 4.82. The number of carboxylic acid groups (broad SMARTS) is 2. The molecule has 2 rings (SSSR count). The first-order chi connectivity index (χ1) is 8.02. The highest BCUT2D eigenvalue weighted by Gasteiger charge is 2.41. The van der Waals surface area contributed by atoms with Gasteiger partial charge in [0.05, 0.1) is 0 Å². The first-order valence-corrected chi connectivity index (χ1v) is 5.87. The summed E-state index contributed by atoms with van der Waals surface area (Å²) in [5.74, 6) is -3.72. The number of aliphatic carboxylic acids is 2. The van der Waals surface area contributed by atoms with Crippen LogP contribution in [-0.4, -0.2) is 22.2 Å². The maximum absolute atomic E-state index is 11.1. The van der Waals surface area contributed by atoms with Crippen molar-refractivity contribution in [2.24, 2.45) is 17.8 Å². The molecule has 17 heavy (non-hydrogen) atoms. The Bertz CT molecular complexity index is 405. The van der Waals surface area contributed by atoms with E-state index in [4.69, 9.17) is 10.2 Å². The summed E-state index contributed by atoms with van der Waals surface area (Å²) < 4.78 is 0. The SMILES string of the molecule is CC1CC=CC2=C1CCC2C(C(=O)O)C(=O)O. The van der Waals surface area contributed by atoms with Crippen molar-refractivity contribution in [3.05, 3.63) is 23.3 Å². The molecule has 0 radical (unpaired) electrons. The third kappa shape index (κ3) is 1.99. The Morgan fingerprint density at radius 3 is 2.59 bits per heavy atom. The number of hydrogen-bond donors (Lipinski definition) is 2. The van der Waals surface area contributed by atoms with Gasteiger partial charge in [-0.15, -0.1) is 0 Å². The van der Waals surface area contributed by atoms with Gasteiger partial charge in [-0.3, -0.25) is 9.59 Å². The molecule has 0 saturated heterocycles. The Balaban J connectivity index is 2.32. The van der Waals surface area contributed by atoms with Crippen LogP contribution in [0.5, 0.6) is 0 Å². The number of rotatable bonds is 3. The van der Waals surface area contributed by atoms with Crippen molar-refractivity contribution in [1.29, 1.82) is 0 Å². The normalized spacial score (nSPS) is 27.4. The lowest BCUT2D eigenvalue weighted by atomic mass is 9.83. The van der Waals surface area contributed by atoms with Crippen LogP contribution in [0.2, 0.25) is 0 Å². The smallest absolute Gasteiger partial charge is 0.318 e. The summed E-state index contributed by atoms with van der Waals surface area (Å²) in [7, 11) is 0. The second-order valence-electron chi connectivity index (χ2n) is 4.82. The van der Waals surface area contributed by atoms with E-state index in [0.717, 1.165) is 18.4 Å². The lowest BCUT2D eigenvalue weighted by Gasteiger charge is -2.21. The summed E-state index contributed by atoms with van der Waals surface area (Å²) in [5, 5.41) is 18.1. The van der Waals surface area contributed by atoms with E-state index in [0.29, 0.717) is 12.3 Å². The fourth-order valence-electron chi connectivity index (χ4n) is 2.95. The highest BCUT2D eigenvalue weighted by atomic mass is 16.4. The number of hydrogen-bond acceptors (Lipinski definition) is 2. The lowest BCUT2D eigenvalue weighted by Crippen LogP contribution is -2.31. The third-order valence-electron chi connectivity index (χ3n) is 3.81. The molecule has 0 fully saturated rings. The third-order valence-corrected chi connectivity index (χ3v) is 3.81. The van der Waals surface area contributed by atoms with Gasteiger partial charge in [-0.2, -0.15) is 0 Å². The predicted molar refractivity (Wildman–Crippen MR) is 61.4 cm³/mol. The summed E-state index contributed by atoms with van der Waals surface area (Å²) in [6, 6.07) is 0. The van der Waals surface area contributed by atoms with Gasteiger partial charge in [0.1, 0.15) is 0 Å². The zero-order valence-corrected chi connectivity index (χ0v) is 9.72. The molecule has 0 amide bonds. The number of carbonyl (C=O) groups is 2. The zero-order chi connectivity index (χ0) is 12.6. The van der Waals surface area contributed by atoms with Crippen LogP contribution in [0.15, 0.2) is 23.3 Å². The monoisotopic (exact) mass is 236 g/mol. The molecule has 2 aliphatic carbocycles. The van der Waals surface area contributed by atoms with Crippen molar-refractivity contribution in [2.45, 2.75) is 26.2 Å². The molecule has 0 aromatic heterocycles. The van der Waals surface area contributed by atoms with Crippen LogP contribution in [0.25, 0.3) is 0 Å².